The zero-order valence-electron chi connectivity index (χ0n) is 20.3. The fourth-order valence-corrected chi connectivity index (χ4v) is 5.16. The molecule has 1 N–H and O–H groups in total. The molecule has 9 heteroatoms. The number of imide groups is 1. The number of hydrogen-bond donors (Lipinski definition) is 1. The second-order valence-electron chi connectivity index (χ2n) is 8.54. The van der Waals surface area contributed by atoms with Crippen LogP contribution >= 0.6 is 11.8 Å². The van der Waals surface area contributed by atoms with E-state index in [1.165, 1.54) is 0 Å². The number of amides is 3. The average Bonchev–Trinajstić information content (AvgIpc) is 3.46. The molecule has 0 aliphatic carbocycles. The lowest BCUT2D eigenvalue weighted by molar-refractivity contribution is -0.127. The molecule has 2 aliphatic heterocycles. The fourth-order valence-electron chi connectivity index (χ4n) is 4.33. The van der Waals surface area contributed by atoms with Gasteiger partial charge in [-0.1, -0.05) is 18.2 Å². The van der Waals surface area contributed by atoms with Crippen molar-refractivity contribution in [2.24, 2.45) is 0 Å². The van der Waals surface area contributed by atoms with Crippen LogP contribution in [0, 0.1) is 13.8 Å². The van der Waals surface area contributed by atoms with Gasteiger partial charge in [0.2, 0.25) is 5.91 Å². The van der Waals surface area contributed by atoms with E-state index in [0.717, 1.165) is 59.4 Å². The summed E-state index contributed by atoms with van der Waals surface area (Å²) < 4.78 is 11.2. The zero-order chi connectivity index (χ0) is 25.1. The minimum atomic E-state index is -0.513. The van der Waals surface area contributed by atoms with Crippen molar-refractivity contribution in [2.45, 2.75) is 26.7 Å². The first kappa shape index (κ1) is 24.7. The van der Waals surface area contributed by atoms with Crippen molar-refractivity contribution in [3.8, 4) is 11.5 Å². The summed E-state index contributed by atoms with van der Waals surface area (Å²) in [7, 11) is 3.17. The molecule has 0 aromatic heterocycles. The van der Waals surface area contributed by atoms with Crippen LogP contribution in [-0.2, 0) is 9.59 Å². The van der Waals surface area contributed by atoms with Gasteiger partial charge in [0.05, 0.1) is 24.8 Å². The normalized spacial score (nSPS) is 16.9. The number of para-hydroxylation sites is 1. The van der Waals surface area contributed by atoms with Gasteiger partial charge in [-0.05, 0) is 61.7 Å². The molecule has 2 aliphatic rings. The minimum absolute atomic E-state index is 0.226. The molecule has 2 aromatic carbocycles. The summed E-state index contributed by atoms with van der Waals surface area (Å²) >= 11 is 0.805. The number of carbonyl (C=O) groups excluding carboxylic acids is 3. The largest absolute Gasteiger partial charge is 0.496 e. The molecular weight excluding hydrogens is 466 g/mol. The lowest BCUT2D eigenvalue weighted by atomic mass is 10.1. The molecule has 2 aromatic rings. The SMILES string of the molecule is COc1cc(N2CCCC2)c(OC)cc1C=C1SC(=O)N(CC(=O)Nc2c(C)cccc2C)C1=O. The first-order valence-electron chi connectivity index (χ1n) is 11.4. The Kier molecular flexibility index (Phi) is 7.35. The average molecular weight is 496 g/mol. The number of anilines is 2. The van der Waals surface area contributed by atoms with Crippen LogP contribution in [0.3, 0.4) is 0 Å². The number of ether oxygens (including phenoxy) is 2. The summed E-state index contributed by atoms with van der Waals surface area (Å²) in [5.41, 5.74) is 4.07. The number of carbonyl (C=O) groups is 3. The highest BCUT2D eigenvalue weighted by Gasteiger charge is 2.36. The number of thioether (sulfide) groups is 1. The van der Waals surface area contributed by atoms with E-state index in [-0.39, 0.29) is 11.4 Å². The van der Waals surface area contributed by atoms with E-state index in [0.29, 0.717) is 22.7 Å². The van der Waals surface area contributed by atoms with Gasteiger partial charge in [-0.2, -0.15) is 0 Å². The highest BCUT2D eigenvalue weighted by molar-refractivity contribution is 8.18. The van der Waals surface area contributed by atoms with Crippen molar-refractivity contribution in [1.29, 1.82) is 0 Å². The van der Waals surface area contributed by atoms with Gasteiger partial charge in [0.25, 0.3) is 11.1 Å². The van der Waals surface area contributed by atoms with E-state index in [2.05, 4.69) is 10.2 Å². The van der Waals surface area contributed by atoms with Crippen LogP contribution in [0.15, 0.2) is 35.2 Å². The topological polar surface area (TPSA) is 88.2 Å². The van der Waals surface area contributed by atoms with Gasteiger partial charge in [0.15, 0.2) is 0 Å². The first-order chi connectivity index (χ1) is 16.8. The van der Waals surface area contributed by atoms with Crippen LogP contribution in [0.5, 0.6) is 11.5 Å². The number of methoxy groups -OCH3 is 2. The summed E-state index contributed by atoms with van der Waals surface area (Å²) in [5, 5.41) is 2.33. The second-order valence-corrected chi connectivity index (χ2v) is 9.54. The minimum Gasteiger partial charge on any atom is -0.496 e. The van der Waals surface area contributed by atoms with Crippen LogP contribution in [0.2, 0.25) is 0 Å². The van der Waals surface area contributed by atoms with Crippen LogP contribution in [0.4, 0.5) is 16.2 Å². The smallest absolute Gasteiger partial charge is 0.294 e. The molecule has 0 atom stereocenters. The van der Waals surface area contributed by atoms with Crippen LogP contribution < -0.4 is 19.7 Å². The summed E-state index contributed by atoms with van der Waals surface area (Å²) in [6.07, 6.45) is 3.86. The quantitative estimate of drug-likeness (QED) is 0.562. The van der Waals surface area contributed by atoms with Gasteiger partial charge in [-0.15, -0.1) is 0 Å². The van der Waals surface area contributed by atoms with Crippen molar-refractivity contribution in [3.05, 3.63) is 51.9 Å². The molecule has 0 radical (unpaired) electrons. The summed E-state index contributed by atoms with van der Waals surface area (Å²) in [6, 6.07) is 9.40. The molecule has 0 bridgehead atoms. The maximum absolute atomic E-state index is 13.0. The molecule has 2 saturated heterocycles. The molecule has 4 rings (SSSR count). The maximum Gasteiger partial charge on any atom is 0.294 e. The predicted octanol–water partition coefficient (Wildman–Crippen LogP) is 4.60. The Bertz CT molecular complexity index is 1180. The zero-order valence-corrected chi connectivity index (χ0v) is 21.2. The van der Waals surface area contributed by atoms with Crippen molar-refractivity contribution < 1.29 is 23.9 Å². The van der Waals surface area contributed by atoms with Crippen LogP contribution in [-0.4, -0.2) is 55.8 Å². The number of rotatable bonds is 7. The summed E-state index contributed by atoms with van der Waals surface area (Å²) in [5.74, 6) is 0.305. The van der Waals surface area contributed by atoms with Gasteiger partial charge in [-0.3, -0.25) is 19.3 Å². The molecule has 2 fully saturated rings. The summed E-state index contributed by atoms with van der Waals surface area (Å²) in [6.45, 7) is 5.32. The Balaban J connectivity index is 1.55. The van der Waals surface area contributed by atoms with Crippen LogP contribution in [0.1, 0.15) is 29.5 Å². The molecule has 2 heterocycles. The molecule has 35 heavy (non-hydrogen) atoms. The molecule has 0 saturated carbocycles. The number of nitrogens with zero attached hydrogens (tertiary/aromatic N) is 2. The number of hydrogen-bond acceptors (Lipinski definition) is 7. The number of aryl methyl sites for hydroxylation is 2. The van der Waals surface area contributed by atoms with E-state index in [1.54, 1.807) is 20.3 Å². The number of benzene rings is 2. The highest BCUT2D eigenvalue weighted by Crippen LogP contribution is 2.40. The third kappa shape index (κ3) is 5.14. The van der Waals surface area contributed by atoms with Crippen molar-refractivity contribution in [2.75, 3.05) is 44.1 Å². The Morgan fingerprint density at radius 1 is 1.06 bits per heavy atom. The molecule has 184 valence electrons. The summed E-state index contributed by atoms with van der Waals surface area (Å²) in [4.78, 5) is 41.7. The number of nitrogens with one attached hydrogen (secondary N) is 1. The van der Waals surface area contributed by atoms with Gasteiger partial charge in [0, 0.05) is 30.4 Å². The fraction of sp³-hybridized carbons (Fsp3) is 0.346. The highest BCUT2D eigenvalue weighted by atomic mass is 32.2. The Labute approximate surface area is 209 Å². The Morgan fingerprint density at radius 2 is 1.71 bits per heavy atom. The van der Waals surface area contributed by atoms with Gasteiger partial charge in [0.1, 0.15) is 18.0 Å². The lowest BCUT2D eigenvalue weighted by Crippen LogP contribution is -2.36. The molecule has 8 nitrogen and oxygen atoms in total. The lowest BCUT2D eigenvalue weighted by Gasteiger charge is -2.22. The Hall–Kier alpha value is -3.46. The van der Waals surface area contributed by atoms with E-state index in [1.807, 2.05) is 44.2 Å². The van der Waals surface area contributed by atoms with E-state index in [4.69, 9.17) is 9.47 Å². The van der Waals surface area contributed by atoms with Gasteiger partial charge < -0.3 is 19.7 Å². The van der Waals surface area contributed by atoms with Crippen molar-refractivity contribution >= 4 is 46.3 Å². The monoisotopic (exact) mass is 495 g/mol. The predicted molar refractivity (Wildman–Crippen MR) is 138 cm³/mol. The van der Waals surface area contributed by atoms with Crippen LogP contribution in [0.25, 0.3) is 6.08 Å². The molecule has 3 amide bonds. The van der Waals surface area contributed by atoms with Crippen molar-refractivity contribution in [3.63, 3.8) is 0 Å². The molecule has 0 unspecified atom stereocenters. The van der Waals surface area contributed by atoms with E-state index in [9.17, 15) is 14.4 Å². The molecular formula is C26H29N3O5S. The van der Waals surface area contributed by atoms with Gasteiger partial charge in [-0.25, -0.2) is 0 Å². The van der Waals surface area contributed by atoms with E-state index < -0.39 is 17.1 Å². The Morgan fingerprint density at radius 3 is 2.34 bits per heavy atom. The molecule has 0 spiro atoms. The van der Waals surface area contributed by atoms with Gasteiger partial charge >= 0.3 is 0 Å². The third-order valence-corrected chi connectivity index (χ3v) is 7.09. The standard InChI is InChI=1S/C26H29N3O5S/c1-16-8-7-9-17(2)24(16)27-23(30)15-29-25(31)22(35-26(29)32)13-18-12-21(34-4)19(14-20(18)33-3)28-10-5-6-11-28/h7-9,12-14H,5-6,10-11,15H2,1-4H3,(H,27,30). The van der Waals surface area contributed by atoms with Crippen molar-refractivity contribution in [1.82, 2.24) is 4.90 Å². The maximum atomic E-state index is 13.0. The first-order valence-corrected chi connectivity index (χ1v) is 12.3. The third-order valence-electron chi connectivity index (χ3n) is 6.19. The second kappa shape index (κ2) is 10.4. The van der Waals surface area contributed by atoms with E-state index >= 15 is 0 Å².